The van der Waals surface area contributed by atoms with E-state index in [9.17, 15) is 4.79 Å². The van der Waals surface area contributed by atoms with E-state index in [1.54, 1.807) is 0 Å². The highest BCUT2D eigenvalue weighted by Crippen LogP contribution is 2.16. The van der Waals surface area contributed by atoms with Gasteiger partial charge in [0.15, 0.2) is 0 Å². The summed E-state index contributed by atoms with van der Waals surface area (Å²) in [5.74, 6) is 0.575. The van der Waals surface area contributed by atoms with E-state index in [4.69, 9.17) is 9.47 Å². The Morgan fingerprint density at radius 2 is 2.15 bits per heavy atom. The molecule has 0 amide bonds. The van der Waals surface area contributed by atoms with Crippen molar-refractivity contribution in [2.75, 3.05) is 20.3 Å². The second-order valence-corrected chi connectivity index (χ2v) is 5.17. The van der Waals surface area contributed by atoms with Gasteiger partial charge in [-0.05, 0) is 44.5 Å². The second-order valence-electron chi connectivity index (χ2n) is 5.17. The van der Waals surface area contributed by atoms with Crippen molar-refractivity contribution in [1.29, 1.82) is 0 Å². The Bertz CT molecular complexity index is 433. The van der Waals surface area contributed by atoms with Gasteiger partial charge in [-0.25, -0.2) is 0 Å². The summed E-state index contributed by atoms with van der Waals surface area (Å²) in [6, 6.07) is 7.88. The molecule has 20 heavy (non-hydrogen) atoms. The molecule has 0 aliphatic heterocycles. The topological polar surface area (TPSA) is 47.6 Å². The van der Waals surface area contributed by atoms with E-state index in [1.165, 1.54) is 7.11 Å². The number of methoxy groups -OCH3 is 1. The predicted molar refractivity (Wildman–Crippen MR) is 80.0 cm³/mol. The Morgan fingerprint density at radius 3 is 2.75 bits per heavy atom. The van der Waals surface area contributed by atoms with Crippen LogP contribution in [0.5, 0.6) is 5.75 Å². The average Bonchev–Trinajstić information content (AvgIpc) is 2.44. The molecule has 4 heteroatoms. The summed E-state index contributed by atoms with van der Waals surface area (Å²) in [4.78, 5) is 11.9. The largest absolute Gasteiger partial charge is 0.493 e. The van der Waals surface area contributed by atoms with Gasteiger partial charge in [0.25, 0.3) is 0 Å². The average molecular weight is 279 g/mol. The van der Waals surface area contributed by atoms with Gasteiger partial charge in [-0.2, -0.15) is 0 Å². The maximum absolute atomic E-state index is 11.9. The first-order chi connectivity index (χ1) is 9.51. The van der Waals surface area contributed by atoms with Crippen LogP contribution in [0, 0.1) is 6.92 Å². The lowest BCUT2D eigenvalue weighted by atomic mass is 9.98. The van der Waals surface area contributed by atoms with Crippen LogP contribution in [0.25, 0.3) is 0 Å². The Hall–Kier alpha value is -1.55. The fourth-order valence-corrected chi connectivity index (χ4v) is 1.97. The van der Waals surface area contributed by atoms with Crippen LogP contribution in [0.4, 0.5) is 0 Å². The van der Waals surface area contributed by atoms with Gasteiger partial charge >= 0.3 is 5.97 Å². The van der Waals surface area contributed by atoms with Gasteiger partial charge in [-0.3, -0.25) is 4.79 Å². The lowest BCUT2D eigenvalue weighted by Gasteiger charge is -2.27. The van der Waals surface area contributed by atoms with Gasteiger partial charge in [0, 0.05) is 6.42 Å². The molecule has 0 spiro atoms. The van der Waals surface area contributed by atoms with Crippen LogP contribution in [-0.2, 0) is 9.53 Å². The molecule has 0 aliphatic rings. The summed E-state index contributed by atoms with van der Waals surface area (Å²) in [7, 11) is 1.41. The molecule has 4 nitrogen and oxygen atoms in total. The molecule has 1 unspecified atom stereocenters. The van der Waals surface area contributed by atoms with Crippen molar-refractivity contribution in [1.82, 2.24) is 5.32 Å². The van der Waals surface area contributed by atoms with E-state index < -0.39 is 5.54 Å². The lowest BCUT2D eigenvalue weighted by molar-refractivity contribution is -0.148. The number of rotatable bonds is 8. The number of hydrogen-bond acceptors (Lipinski definition) is 4. The molecule has 0 saturated heterocycles. The highest BCUT2D eigenvalue weighted by Gasteiger charge is 2.33. The minimum Gasteiger partial charge on any atom is -0.493 e. The van der Waals surface area contributed by atoms with Gasteiger partial charge in [-0.15, -0.1) is 0 Å². The number of carbonyl (C=O) groups is 1. The maximum atomic E-state index is 11.9. The highest BCUT2D eigenvalue weighted by atomic mass is 16.5. The summed E-state index contributed by atoms with van der Waals surface area (Å²) >= 11 is 0. The zero-order valence-corrected chi connectivity index (χ0v) is 12.9. The van der Waals surface area contributed by atoms with Crippen molar-refractivity contribution in [2.45, 2.75) is 39.2 Å². The first-order valence-electron chi connectivity index (χ1n) is 7.04. The van der Waals surface area contributed by atoms with Crippen LogP contribution in [-0.4, -0.2) is 31.8 Å². The molecular formula is C16H25NO3. The van der Waals surface area contributed by atoms with E-state index in [1.807, 2.05) is 38.1 Å². The molecule has 0 aromatic heterocycles. The molecular weight excluding hydrogens is 254 g/mol. The second kappa shape index (κ2) is 7.90. The van der Waals surface area contributed by atoms with Crippen molar-refractivity contribution < 1.29 is 14.3 Å². The van der Waals surface area contributed by atoms with Crippen LogP contribution in [0.2, 0.25) is 0 Å². The number of nitrogens with one attached hydrogen (secondary N) is 1. The fraction of sp³-hybridized carbons (Fsp3) is 0.562. The number of carbonyl (C=O) groups excluding carboxylic acids is 1. The minimum atomic E-state index is -0.700. The van der Waals surface area contributed by atoms with Crippen LogP contribution < -0.4 is 10.1 Å². The summed E-state index contributed by atoms with van der Waals surface area (Å²) in [5, 5.41) is 3.24. The van der Waals surface area contributed by atoms with E-state index in [-0.39, 0.29) is 5.97 Å². The molecule has 1 rings (SSSR count). The van der Waals surface area contributed by atoms with Crippen molar-refractivity contribution >= 4 is 5.97 Å². The van der Waals surface area contributed by atoms with Crippen LogP contribution in [0.1, 0.15) is 32.3 Å². The van der Waals surface area contributed by atoms with Crippen molar-refractivity contribution in [3.63, 3.8) is 0 Å². The quantitative estimate of drug-likeness (QED) is 0.743. The van der Waals surface area contributed by atoms with Crippen LogP contribution >= 0.6 is 0 Å². The summed E-state index contributed by atoms with van der Waals surface area (Å²) in [6.07, 6.45) is 1.53. The summed E-state index contributed by atoms with van der Waals surface area (Å²) < 4.78 is 10.6. The smallest absolute Gasteiger partial charge is 0.325 e. The third kappa shape index (κ3) is 4.85. The predicted octanol–water partition coefficient (Wildman–Crippen LogP) is 2.70. The van der Waals surface area contributed by atoms with Crippen molar-refractivity contribution in [3.8, 4) is 5.75 Å². The fourth-order valence-electron chi connectivity index (χ4n) is 1.97. The van der Waals surface area contributed by atoms with E-state index >= 15 is 0 Å². The SMILES string of the molecule is CCCNC(C)(CCOc1cccc(C)c1)C(=O)OC. The first-order valence-corrected chi connectivity index (χ1v) is 7.04. The normalized spacial score (nSPS) is 13.6. The van der Waals surface area contributed by atoms with Gasteiger partial charge < -0.3 is 14.8 Å². The maximum Gasteiger partial charge on any atom is 0.325 e. The Balaban J connectivity index is 2.56. The zero-order valence-electron chi connectivity index (χ0n) is 12.9. The van der Waals surface area contributed by atoms with Gasteiger partial charge in [0.1, 0.15) is 11.3 Å². The summed E-state index contributed by atoms with van der Waals surface area (Å²) in [5.41, 5.74) is 0.455. The molecule has 0 fully saturated rings. The Kier molecular flexibility index (Phi) is 6.52. The molecule has 1 N–H and O–H groups in total. The Morgan fingerprint density at radius 1 is 1.40 bits per heavy atom. The minimum absolute atomic E-state index is 0.251. The van der Waals surface area contributed by atoms with E-state index in [0.29, 0.717) is 13.0 Å². The number of hydrogen-bond donors (Lipinski definition) is 1. The molecule has 0 aliphatic carbocycles. The highest BCUT2D eigenvalue weighted by molar-refractivity contribution is 5.80. The van der Waals surface area contributed by atoms with Crippen LogP contribution in [0.15, 0.2) is 24.3 Å². The molecule has 1 atom stereocenters. The molecule has 112 valence electrons. The first kappa shape index (κ1) is 16.5. The molecule has 0 heterocycles. The van der Waals surface area contributed by atoms with Gasteiger partial charge in [0.2, 0.25) is 0 Å². The monoisotopic (exact) mass is 279 g/mol. The zero-order chi connectivity index (χ0) is 15.0. The van der Waals surface area contributed by atoms with Crippen molar-refractivity contribution in [3.05, 3.63) is 29.8 Å². The van der Waals surface area contributed by atoms with E-state index in [2.05, 4.69) is 12.2 Å². The third-order valence-corrected chi connectivity index (χ3v) is 3.26. The summed E-state index contributed by atoms with van der Waals surface area (Å²) in [6.45, 7) is 7.18. The number of aryl methyl sites for hydroxylation is 1. The van der Waals surface area contributed by atoms with Crippen LogP contribution in [0.3, 0.4) is 0 Å². The number of ether oxygens (including phenoxy) is 2. The molecule has 1 aromatic rings. The molecule has 1 aromatic carbocycles. The van der Waals surface area contributed by atoms with Crippen molar-refractivity contribution in [2.24, 2.45) is 0 Å². The van der Waals surface area contributed by atoms with E-state index in [0.717, 1.165) is 24.3 Å². The Labute approximate surface area is 121 Å². The number of esters is 1. The molecule has 0 bridgehead atoms. The standard InChI is InChI=1S/C16H25NO3/c1-5-10-17-16(3,15(18)19-4)9-11-20-14-8-6-7-13(2)12-14/h6-8,12,17H,5,9-11H2,1-4H3. The number of benzene rings is 1. The van der Waals surface area contributed by atoms with Gasteiger partial charge in [0.05, 0.1) is 13.7 Å². The molecule has 0 saturated carbocycles. The molecule has 0 radical (unpaired) electrons. The lowest BCUT2D eigenvalue weighted by Crippen LogP contribution is -2.51. The van der Waals surface area contributed by atoms with Gasteiger partial charge in [-0.1, -0.05) is 19.1 Å². The third-order valence-electron chi connectivity index (χ3n) is 3.26.